The van der Waals surface area contributed by atoms with Crippen molar-refractivity contribution in [2.75, 3.05) is 39.9 Å². The number of imidazole rings is 1. The number of carbonyl (C=O) groups is 1. The van der Waals surface area contributed by atoms with Gasteiger partial charge in [-0.3, -0.25) is 9.69 Å². The Kier molecular flexibility index (Phi) is 6.22. The van der Waals surface area contributed by atoms with E-state index in [9.17, 15) is 4.79 Å². The fraction of sp³-hybridized carbons (Fsp3) is 0.600. The topological polar surface area (TPSA) is 50.6 Å². The van der Waals surface area contributed by atoms with Crippen LogP contribution in [-0.4, -0.2) is 65.2 Å². The van der Waals surface area contributed by atoms with Gasteiger partial charge in [0.15, 0.2) is 0 Å². The number of rotatable bonds is 7. The number of aryl methyl sites for hydroxylation is 2. The maximum atomic E-state index is 13.7. The number of aromatic nitrogens is 2. The van der Waals surface area contributed by atoms with Gasteiger partial charge in [0.2, 0.25) is 5.91 Å². The van der Waals surface area contributed by atoms with Gasteiger partial charge in [-0.15, -0.1) is 0 Å². The Labute approximate surface area is 186 Å². The van der Waals surface area contributed by atoms with Crippen molar-refractivity contribution in [1.82, 2.24) is 19.4 Å². The van der Waals surface area contributed by atoms with Crippen molar-refractivity contribution in [2.24, 2.45) is 5.41 Å². The van der Waals surface area contributed by atoms with Crippen LogP contribution in [-0.2, 0) is 16.1 Å². The van der Waals surface area contributed by atoms with Crippen molar-refractivity contribution in [1.29, 1.82) is 0 Å². The van der Waals surface area contributed by atoms with Gasteiger partial charge in [0.05, 0.1) is 24.0 Å². The molecule has 0 unspecified atom stereocenters. The fourth-order valence-electron chi connectivity index (χ4n) is 5.48. The Morgan fingerprint density at radius 2 is 1.97 bits per heavy atom. The first-order valence-corrected chi connectivity index (χ1v) is 11.4. The van der Waals surface area contributed by atoms with Crippen LogP contribution in [0.15, 0.2) is 30.7 Å². The molecular weight excluding hydrogens is 388 g/mol. The van der Waals surface area contributed by atoms with Crippen molar-refractivity contribution < 1.29 is 9.53 Å². The summed E-state index contributed by atoms with van der Waals surface area (Å²) in [6.07, 6.45) is 4.96. The first kappa shape index (κ1) is 22.0. The van der Waals surface area contributed by atoms with Gasteiger partial charge in [-0.1, -0.05) is 29.3 Å². The van der Waals surface area contributed by atoms with Crippen LogP contribution in [0.2, 0.25) is 0 Å². The number of ether oxygens (including phenoxy) is 1. The molecule has 2 aliphatic heterocycles. The first-order chi connectivity index (χ1) is 14.8. The lowest BCUT2D eigenvalue weighted by molar-refractivity contribution is -0.136. The van der Waals surface area contributed by atoms with Crippen LogP contribution < -0.4 is 0 Å². The predicted molar refractivity (Wildman–Crippen MR) is 122 cm³/mol. The molecule has 2 aromatic rings. The van der Waals surface area contributed by atoms with Crippen LogP contribution in [0, 0.1) is 19.3 Å². The van der Waals surface area contributed by atoms with E-state index in [1.54, 1.807) is 7.11 Å². The molecule has 3 heterocycles. The molecular formula is C25H36N4O2. The van der Waals surface area contributed by atoms with E-state index in [4.69, 9.17) is 9.72 Å². The maximum absolute atomic E-state index is 13.7. The molecule has 0 bridgehead atoms. The third-order valence-electron chi connectivity index (χ3n) is 6.98. The second-order valence-electron chi connectivity index (χ2n) is 9.75. The summed E-state index contributed by atoms with van der Waals surface area (Å²) in [5, 5.41) is 0. The van der Waals surface area contributed by atoms with Crippen LogP contribution in [0.4, 0.5) is 0 Å². The lowest BCUT2D eigenvalue weighted by Gasteiger charge is -2.28. The van der Waals surface area contributed by atoms with Gasteiger partial charge in [0.25, 0.3) is 0 Å². The minimum Gasteiger partial charge on any atom is -0.383 e. The Morgan fingerprint density at radius 3 is 2.61 bits per heavy atom. The molecule has 6 heteroatoms. The molecule has 2 atom stereocenters. The summed E-state index contributed by atoms with van der Waals surface area (Å²) in [6, 6.07) is 7.11. The standard InChI is InChI=1S/C25H36N4O2/c1-18(2)29-15-23(26-17-29)22-14-27(13-21-11-19(3)10-20(4)12-21)16-25(22)6-7-28(24(25)30)8-9-31-5/h10-12,15,17-18,22H,6-9,13-14,16H2,1-5H3/t22-,25-/m0/s1. The number of benzene rings is 1. The van der Waals surface area contributed by atoms with E-state index < -0.39 is 0 Å². The molecule has 2 fully saturated rings. The van der Waals surface area contributed by atoms with Gasteiger partial charge in [-0.05, 0) is 39.7 Å². The molecule has 6 nitrogen and oxygen atoms in total. The highest BCUT2D eigenvalue weighted by Crippen LogP contribution is 2.49. The minimum absolute atomic E-state index is 0.124. The monoisotopic (exact) mass is 424 g/mol. The van der Waals surface area contributed by atoms with Crippen molar-refractivity contribution >= 4 is 5.91 Å². The average molecular weight is 425 g/mol. The molecule has 0 aliphatic carbocycles. The van der Waals surface area contributed by atoms with E-state index in [1.165, 1.54) is 16.7 Å². The van der Waals surface area contributed by atoms with Crippen LogP contribution >= 0.6 is 0 Å². The zero-order chi connectivity index (χ0) is 22.2. The number of hydrogen-bond acceptors (Lipinski definition) is 4. The molecule has 2 aliphatic rings. The molecule has 2 saturated heterocycles. The summed E-state index contributed by atoms with van der Waals surface area (Å²) in [5.41, 5.74) is 4.57. The normalized spacial score (nSPS) is 24.3. The SMILES string of the molecule is COCCN1CC[C@@]2(CN(Cc3cc(C)cc(C)c3)C[C@H]2c2cn(C(C)C)cn2)C1=O. The molecule has 1 amide bonds. The molecule has 1 aromatic carbocycles. The van der Waals surface area contributed by atoms with E-state index in [1.807, 2.05) is 11.2 Å². The van der Waals surface area contributed by atoms with Crippen molar-refractivity contribution in [2.45, 2.75) is 52.6 Å². The van der Waals surface area contributed by atoms with Gasteiger partial charge in [0.1, 0.15) is 0 Å². The second kappa shape index (κ2) is 8.75. The number of amides is 1. The van der Waals surface area contributed by atoms with Crippen LogP contribution in [0.5, 0.6) is 0 Å². The Morgan fingerprint density at radius 1 is 1.23 bits per heavy atom. The summed E-state index contributed by atoms with van der Waals surface area (Å²) in [5.74, 6) is 0.398. The average Bonchev–Trinajstić information content (AvgIpc) is 3.39. The number of likely N-dealkylation sites (tertiary alicyclic amines) is 2. The number of methoxy groups -OCH3 is 1. The highest BCUT2D eigenvalue weighted by Gasteiger charge is 2.57. The molecule has 0 saturated carbocycles. The zero-order valence-corrected chi connectivity index (χ0v) is 19.6. The first-order valence-electron chi connectivity index (χ1n) is 11.4. The molecule has 168 valence electrons. The van der Waals surface area contributed by atoms with Crippen LogP contribution in [0.3, 0.4) is 0 Å². The summed E-state index contributed by atoms with van der Waals surface area (Å²) in [4.78, 5) is 22.9. The van der Waals surface area contributed by atoms with Gasteiger partial charge in [-0.2, -0.15) is 0 Å². The lowest BCUT2D eigenvalue weighted by atomic mass is 9.75. The highest BCUT2D eigenvalue weighted by molar-refractivity contribution is 5.86. The highest BCUT2D eigenvalue weighted by atomic mass is 16.5. The number of nitrogens with zero attached hydrogens (tertiary/aromatic N) is 4. The summed E-state index contributed by atoms with van der Waals surface area (Å²) >= 11 is 0. The predicted octanol–water partition coefficient (Wildman–Crippen LogP) is 3.55. The molecule has 1 aromatic heterocycles. The summed E-state index contributed by atoms with van der Waals surface area (Å²) in [7, 11) is 1.69. The van der Waals surface area contributed by atoms with Crippen LogP contribution in [0.1, 0.15) is 54.6 Å². The van der Waals surface area contributed by atoms with E-state index in [0.717, 1.165) is 38.3 Å². The number of hydrogen-bond donors (Lipinski definition) is 0. The third kappa shape index (κ3) is 4.28. The quantitative estimate of drug-likeness (QED) is 0.682. The molecule has 4 rings (SSSR count). The molecule has 1 spiro atoms. The lowest BCUT2D eigenvalue weighted by Crippen LogP contribution is -2.40. The smallest absolute Gasteiger partial charge is 0.230 e. The summed E-state index contributed by atoms with van der Waals surface area (Å²) in [6.45, 7) is 13.2. The molecule has 0 N–H and O–H groups in total. The third-order valence-corrected chi connectivity index (χ3v) is 6.98. The van der Waals surface area contributed by atoms with Crippen molar-refractivity contribution in [3.8, 4) is 0 Å². The molecule has 0 radical (unpaired) electrons. The van der Waals surface area contributed by atoms with Crippen LogP contribution in [0.25, 0.3) is 0 Å². The summed E-state index contributed by atoms with van der Waals surface area (Å²) < 4.78 is 7.40. The zero-order valence-electron chi connectivity index (χ0n) is 19.6. The second-order valence-corrected chi connectivity index (χ2v) is 9.75. The van der Waals surface area contributed by atoms with E-state index in [0.29, 0.717) is 19.2 Å². The van der Waals surface area contributed by atoms with E-state index >= 15 is 0 Å². The van der Waals surface area contributed by atoms with Gasteiger partial charge >= 0.3 is 0 Å². The van der Waals surface area contributed by atoms with Crippen molar-refractivity contribution in [3.05, 3.63) is 53.1 Å². The van der Waals surface area contributed by atoms with Gasteiger partial charge in [0, 0.05) is 58.0 Å². The largest absolute Gasteiger partial charge is 0.383 e. The number of carbonyl (C=O) groups excluding carboxylic acids is 1. The van der Waals surface area contributed by atoms with Crippen molar-refractivity contribution in [3.63, 3.8) is 0 Å². The molecule has 31 heavy (non-hydrogen) atoms. The van der Waals surface area contributed by atoms with Gasteiger partial charge in [-0.25, -0.2) is 4.98 Å². The Balaban J connectivity index is 1.62. The Hall–Kier alpha value is -2.18. The van der Waals surface area contributed by atoms with Gasteiger partial charge < -0.3 is 14.2 Å². The van der Waals surface area contributed by atoms with E-state index in [2.05, 4.69) is 61.6 Å². The fourth-order valence-corrected chi connectivity index (χ4v) is 5.48. The minimum atomic E-state index is -0.386. The maximum Gasteiger partial charge on any atom is 0.230 e. The van der Waals surface area contributed by atoms with E-state index in [-0.39, 0.29) is 17.2 Å². The Bertz CT molecular complexity index is 917.